The molecule has 1 fully saturated rings. The molecule has 0 bridgehead atoms. The summed E-state index contributed by atoms with van der Waals surface area (Å²) >= 11 is 3.40. The summed E-state index contributed by atoms with van der Waals surface area (Å²) in [6, 6.07) is 6.26. The van der Waals surface area contributed by atoms with Gasteiger partial charge in [0.1, 0.15) is 11.5 Å². The van der Waals surface area contributed by atoms with Crippen molar-refractivity contribution in [1.29, 1.82) is 0 Å². The average Bonchev–Trinajstić information content (AvgIpc) is 2.55. The van der Waals surface area contributed by atoms with E-state index >= 15 is 0 Å². The third-order valence-electron chi connectivity index (χ3n) is 4.49. The summed E-state index contributed by atoms with van der Waals surface area (Å²) in [6.07, 6.45) is 3.60. The molecule has 2 aromatic heterocycles. The van der Waals surface area contributed by atoms with Crippen LogP contribution in [0.2, 0.25) is 0 Å². The summed E-state index contributed by atoms with van der Waals surface area (Å²) in [7, 11) is 3.88. The first-order valence-electron chi connectivity index (χ1n) is 7.98. The maximum absolute atomic E-state index is 12.1. The first-order valence-corrected chi connectivity index (χ1v) is 8.78. The largest absolute Gasteiger partial charge is 0.367 e. The van der Waals surface area contributed by atoms with Crippen molar-refractivity contribution in [2.45, 2.75) is 13.0 Å². The minimum absolute atomic E-state index is 0.0861. The molecule has 6 nitrogen and oxygen atoms in total. The van der Waals surface area contributed by atoms with Crippen molar-refractivity contribution in [2.24, 2.45) is 7.05 Å². The lowest BCUT2D eigenvalue weighted by Gasteiger charge is -2.38. The number of hydrogen-bond acceptors (Lipinski definition) is 5. The lowest BCUT2D eigenvalue weighted by molar-refractivity contribution is 0.234. The van der Waals surface area contributed by atoms with Crippen LogP contribution in [0.1, 0.15) is 6.92 Å². The van der Waals surface area contributed by atoms with Crippen LogP contribution < -0.4 is 15.8 Å². The van der Waals surface area contributed by atoms with E-state index in [0.29, 0.717) is 17.5 Å². The highest BCUT2D eigenvalue weighted by Crippen LogP contribution is 2.21. The van der Waals surface area contributed by atoms with Crippen molar-refractivity contribution in [3.05, 3.63) is 45.4 Å². The lowest BCUT2D eigenvalue weighted by atomic mass is 10.2. The second kappa shape index (κ2) is 6.94. The van der Waals surface area contributed by atoms with Gasteiger partial charge in [0.05, 0.1) is 11.9 Å². The topological polar surface area (TPSA) is 53.4 Å². The number of pyridine rings is 2. The van der Waals surface area contributed by atoms with E-state index in [1.165, 1.54) is 4.57 Å². The predicted octanol–water partition coefficient (Wildman–Crippen LogP) is 2.43. The molecule has 1 saturated heterocycles. The van der Waals surface area contributed by atoms with Gasteiger partial charge in [-0.05, 0) is 48.1 Å². The van der Waals surface area contributed by atoms with E-state index in [2.05, 4.69) is 56.1 Å². The number of aromatic nitrogens is 2. The fourth-order valence-electron chi connectivity index (χ4n) is 2.83. The van der Waals surface area contributed by atoms with E-state index in [-0.39, 0.29) is 5.56 Å². The molecule has 3 rings (SSSR count). The van der Waals surface area contributed by atoms with Gasteiger partial charge in [-0.15, -0.1) is 0 Å². The van der Waals surface area contributed by atoms with Gasteiger partial charge >= 0.3 is 0 Å². The third-order valence-corrected chi connectivity index (χ3v) is 4.92. The lowest BCUT2D eigenvalue weighted by Crippen LogP contribution is -2.50. The molecule has 1 atom stereocenters. The predicted molar refractivity (Wildman–Crippen MR) is 101 cm³/mol. The molecule has 1 aliphatic heterocycles. The van der Waals surface area contributed by atoms with Gasteiger partial charge in [0, 0.05) is 43.4 Å². The molecule has 0 aliphatic carbocycles. The number of rotatable bonds is 3. The van der Waals surface area contributed by atoms with E-state index in [1.807, 2.05) is 12.3 Å². The number of piperazine rings is 1. The van der Waals surface area contributed by atoms with Crippen molar-refractivity contribution in [3.63, 3.8) is 0 Å². The zero-order valence-corrected chi connectivity index (χ0v) is 15.7. The molecule has 0 spiro atoms. The number of nitrogens with zero attached hydrogens (tertiary/aromatic N) is 4. The van der Waals surface area contributed by atoms with E-state index in [4.69, 9.17) is 0 Å². The van der Waals surface area contributed by atoms with Crippen LogP contribution in [0, 0.1) is 0 Å². The summed E-state index contributed by atoms with van der Waals surface area (Å²) in [4.78, 5) is 21.3. The van der Waals surface area contributed by atoms with Gasteiger partial charge in [0.25, 0.3) is 5.56 Å². The highest BCUT2D eigenvalue weighted by molar-refractivity contribution is 9.10. The van der Waals surface area contributed by atoms with Crippen molar-refractivity contribution in [2.75, 3.05) is 36.9 Å². The van der Waals surface area contributed by atoms with Crippen LogP contribution in [-0.2, 0) is 7.05 Å². The fraction of sp³-hybridized carbons (Fsp3) is 0.412. The van der Waals surface area contributed by atoms with Crippen LogP contribution in [0.3, 0.4) is 0 Å². The smallest absolute Gasteiger partial charge is 0.274 e. The molecule has 1 N–H and O–H groups in total. The number of nitrogens with one attached hydrogen (secondary N) is 1. The molecule has 2 aromatic rings. The maximum Gasteiger partial charge on any atom is 0.274 e. The average molecular weight is 392 g/mol. The van der Waals surface area contributed by atoms with E-state index < -0.39 is 0 Å². The van der Waals surface area contributed by atoms with Crippen LogP contribution in [-0.4, -0.2) is 47.2 Å². The quantitative estimate of drug-likeness (QED) is 0.870. The van der Waals surface area contributed by atoms with Crippen molar-refractivity contribution < 1.29 is 0 Å². The van der Waals surface area contributed by atoms with Gasteiger partial charge in [0.15, 0.2) is 0 Å². The minimum Gasteiger partial charge on any atom is -0.367 e. The normalized spacial score (nSPS) is 18.7. The third kappa shape index (κ3) is 3.62. The summed E-state index contributed by atoms with van der Waals surface area (Å²) in [5, 5.41) is 3.10. The van der Waals surface area contributed by atoms with Crippen molar-refractivity contribution in [3.8, 4) is 0 Å². The highest BCUT2D eigenvalue weighted by atomic mass is 79.9. The Morgan fingerprint density at radius 2 is 2.08 bits per heavy atom. The first kappa shape index (κ1) is 17.0. The van der Waals surface area contributed by atoms with Crippen LogP contribution >= 0.6 is 15.9 Å². The Morgan fingerprint density at radius 3 is 2.75 bits per heavy atom. The second-order valence-electron chi connectivity index (χ2n) is 6.29. The Bertz CT molecular complexity index is 774. The zero-order valence-electron chi connectivity index (χ0n) is 14.2. The van der Waals surface area contributed by atoms with Crippen LogP contribution in [0.15, 0.2) is 39.9 Å². The molecule has 1 aliphatic rings. The monoisotopic (exact) mass is 391 g/mol. The number of aryl methyl sites for hydroxylation is 1. The van der Waals surface area contributed by atoms with Gasteiger partial charge < -0.3 is 19.7 Å². The second-order valence-corrected chi connectivity index (χ2v) is 7.21. The molecule has 3 heterocycles. The summed E-state index contributed by atoms with van der Waals surface area (Å²) in [5.74, 6) is 0.663. The van der Waals surface area contributed by atoms with E-state index in [1.54, 1.807) is 19.3 Å². The molecule has 7 heteroatoms. The standard InChI is InChI=1S/C17H22BrN5O/c1-12-10-23(7-6-21(12)2)14-4-5-16(19-9-14)20-15-8-13(18)11-22(3)17(15)24/h4-5,8-9,11-12H,6-7,10H2,1-3H3,(H,19,20)/t12-/m0/s1. The summed E-state index contributed by atoms with van der Waals surface area (Å²) < 4.78 is 2.38. The molecular weight excluding hydrogens is 370 g/mol. The van der Waals surface area contributed by atoms with Gasteiger partial charge in [-0.3, -0.25) is 4.79 Å². The van der Waals surface area contributed by atoms with Crippen molar-refractivity contribution >= 4 is 33.1 Å². The molecule has 0 radical (unpaired) electrons. The van der Waals surface area contributed by atoms with Gasteiger partial charge in [-0.2, -0.15) is 0 Å². The van der Waals surface area contributed by atoms with Crippen LogP contribution in [0.25, 0.3) is 0 Å². The van der Waals surface area contributed by atoms with E-state index in [0.717, 1.165) is 29.8 Å². The molecule has 24 heavy (non-hydrogen) atoms. The Balaban J connectivity index is 1.75. The maximum atomic E-state index is 12.1. The zero-order chi connectivity index (χ0) is 17.3. The number of halogens is 1. The molecule has 0 saturated carbocycles. The van der Waals surface area contributed by atoms with Crippen LogP contribution in [0.5, 0.6) is 0 Å². The SMILES string of the molecule is C[C@H]1CN(c2ccc(Nc3cc(Br)cn(C)c3=O)nc2)CCN1C. The first-order chi connectivity index (χ1) is 11.4. The number of hydrogen-bond donors (Lipinski definition) is 1. The molecule has 0 amide bonds. The Hall–Kier alpha value is -1.86. The minimum atomic E-state index is -0.0861. The highest BCUT2D eigenvalue weighted by Gasteiger charge is 2.20. The summed E-state index contributed by atoms with van der Waals surface area (Å²) in [5.41, 5.74) is 1.53. The van der Waals surface area contributed by atoms with Crippen LogP contribution in [0.4, 0.5) is 17.2 Å². The summed E-state index contributed by atoms with van der Waals surface area (Å²) in [6.45, 7) is 5.28. The number of likely N-dealkylation sites (N-methyl/N-ethyl adjacent to an activating group) is 1. The van der Waals surface area contributed by atoms with E-state index in [9.17, 15) is 4.79 Å². The van der Waals surface area contributed by atoms with Gasteiger partial charge in [0.2, 0.25) is 0 Å². The van der Waals surface area contributed by atoms with Gasteiger partial charge in [-0.25, -0.2) is 4.98 Å². The van der Waals surface area contributed by atoms with Crippen molar-refractivity contribution in [1.82, 2.24) is 14.5 Å². The Morgan fingerprint density at radius 1 is 1.29 bits per heavy atom. The Kier molecular flexibility index (Phi) is 4.91. The Labute approximate surface area is 150 Å². The molecule has 0 unspecified atom stereocenters. The van der Waals surface area contributed by atoms with Gasteiger partial charge in [-0.1, -0.05) is 0 Å². The molecule has 128 valence electrons. The molecular formula is C17H22BrN5O. The fourth-order valence-corrected chi connectivity index (χ4v) is 3.36. The number of anilines is 3. The molecule has 0 aromatic carbocycles.